The van der Waals surface area contributed by atoms with Crippen molar-refractivity contribution in [3.05, 3.63) is 76.7 Å². The van der Waals surface area contributed by atoms with Gasteiger partial charge < -0.3 is 4.74 Å². The van der Waals surface area contributed by atoms with Crippen LogP contribution in [0.25, 0.3) is 23.2 Å². The van der Waals surface area contributed by atoms with Crippen LogP contribution < -0.4 is 0 Å². The molecule has 0 aliphatic carbocycles. The molecule has 0 radical (unpaired) electrons. The number of imidazole rings is 1. The van der Waals surface area contributed by atoms with E-state index >= 15 is 0 Å². The van der Waals surface area contributed by atoms with Gasteiger partial charge >= 0.3 is 0 Å². The normalized spacial score (nSPS) is 15.0. The molecule has 154 valence electrons. The fraction of sp³-hybridized carbons (Fsp3) is 0.250. The summed E-state index contributed by atoms with van der Waals surface area (Å²) < 4.78 is 7.59. The Hall–Kier alpha value is -2.73. The molecular formula is C24H25ClN4O. The van der Waals surface area contributed by atoms with Crippen molar-refractivity contribution in [3.8, 4) is 17.1 Å². The molecule has 0 N–H and O–H groups in total. The highest BCUT2D eigenvalue weighted by Gasteiger charge is 2.16. The molecule has 0 atom stereocenters. The van der Waals surface area contributed by atoms with Gasteiger partial charge in [-0.25, -0.2) is 4.98 Å². The first-order chi connectivity index (χ1) is 14.7. The van der Waals surface area contributed by atoms with E-state index in [0.29, 0.717) is 5.02 Å². The van der Waals surface area contributed by atoms with Crippen LogP contribution in [0.2, 0.25) is 5.02 Å². The van der Waals surface area contributed by atoms with Gasteiger partial charge in [0.05, 0.1) is 18.9 Å². The minimum atomic E-state index is 0.710. The van der Waals surface area contributed by atoms with Crippen LogP contribution in [-0.4, -0.2) is 47.5 Å². The Balaban J connectivity index is 1.69. The quantitative estimate of drug-likeness (QED) is 0.527. The maximum absolute atomic E-state index is 6.10. The third kappa shape index (κ3) is 4.54. The van der Waals surface area contributed by atoms with Gasteiger partial charge in [-0.3, -0.25) is 14.5 Å². The van der Waals surface area contributed by atoms with Crippen molar-refractivity contribution in [1.82, 2.24) is 14.5 Å². The molecule has 1 fully saturated rings. The molecule has 1 aliphatic rings. The predicted molar refractivity (Wildman–Crippen MR) is 123 cm³/mol. The first-order valence-corrected chi connectivity index (χ1v) is 10.4. The summed E-state index contributed by atoms with van der Waals surface area (Å²) in [6.07, 6.45) is 3.54. The largest absolute Gasteiger partial charge is 0.379 e. The molecule has 0 bridgehead atoms. The lowest BCUT2D eigenvalue weighted by Gasteiger charge is -2.26. The number of hydrogen-bond donors (Lipinski definition) is 0. The summed E-state index contributed by atoms with van der Waals surface area (Å²) in [6.45, 7) is 10.1. The van der Waals surface area contributed by atoms with Crippen molar-refractivity contribution in [3.63, 3.8) is 0 Å². The van der Waals surface area contributed by atoms with E-state index < -0.39 is 0 Å². The number of hydrogen-bond acceptors (Lipinski definition) is 4. The summed E-state index contributed by atoms with van der Waals surface area (Å²) in [5.41, 5.74) is 5.26. The van der Waals surface area contributed by atoms with E-state index in [1.165, 1.54) is 5.56 Å². The number of benzene rings is 2. The lowest BCUT2D eigenvalue weighted by molar-refractivity contribution is 0.0342. The summed E-state index contributed by atoms with van der Waals surface area (Å²) in [5, 5.41) is 0.710. The standard InChI is InChI=1S/C24H25ClN4O/c1-18-23(11-12-26-2)27-24(29(18)22-9-7-21(25)8-10-22)20-5-3-19(4-6-20)17-28-13-15-30-16-14-28/h3-12H,2,13-17H2,1H3/b12-11-. The van der Waals surface area contributed by atoms with Crippen LogP contribution >= 0.6 is 11.6 Å². The molecule has 1 saturated heterocycles. The minimum absolute atomic E-state index is 0.710. The van der Waals surface area contributed by atoms with E-state index in [0.717, 1.165) is 61.3 Å². The molecule has 1 aromatic heterocycles. The smallest absolute Gasteiger partial charge is 0.145 e. The predicted octanol–water partition coefficient (Wildman–Crippen LogP) is 5.00. The Labute approximate surface area is 182 Å². The summed E-state index contributed by atoms with van der Waals surface area (Å²) in [5.74, 6) is 0.886. The first-order valence-electron chi connectivity index (χ1n) is 10.0. The van der Waals surface area contributed by atoms with Crippen molar-refractivity contribution in [1.29, 1.82) is 0 Å². The maximum atomic E-state index is 6.10. The number of ether oxygens (including phenoxy) is 1. The number of morpholine rings is 1. The van der Waals surface area contributed by atoms with Crippen molar-refractivity contribution in [2.24, 2.45) is 4.99 Å². The highest BCUT2D eigenvalue weighted by molar-refractivity contribution is 6.30. The number of aromatic nitrogens is 2. The van der Waals surface area contributed by atoms with Crippen LogP contribution in [0, 0.1) is 6.92 Å². The number of nitrogens with zero attached hydrogens (tertiary/aromatic N) is 4. The highest BCUT2D eigenvalue weighted by atomic mass is 35.5. The zero-order chi connectivity index (χ0) is 20.9. The van der Waals surface area contributed by atoms with E-state index in [2.05, 4.69) is 52.4 Å². The Bertz CT molecular complexity index is 1030. The average Bonchev–Trinajstić information content (AvgIpc) is 3.10. The van der Waals surface area contributed by atoms with Gasteiger partial charge in [-0.2, -0.15) is 0 Å². The fourth-order valence-corrected chi connectivity index (χ4v) is 3.80. The third-order valence-corrected chi connectivity index (χ3v) is 5.54. The highest BCUT2D eigenvalue weighted by Crippen LogP contribution is 2.28. The molecule has 2 heterocycles. The Morgan fingerprint density at radius 3 is 2.47 bits per heavy atom. The van der Waals surface area contributed by atoms with Crippen LogP contribution in [-0.2, 0) is 11.3 Å². The van der Waals surface area contributed by atoms with Gasteiger partial charge in [0.1, 0.15) is 5.82 Å². The lowest BCUT2D eigenvalue weighted by atomic mass is 10.1. The van der Waals surface area contributed by atoms with Crippen LogP contribution in [0.5, 0.6) is 0 Å². The van der Waals surface area contributed by atoms with Crippen LogP contribution in [0.1, 0.15) is 17.0 Å². The monoisotopic (exact) mass is 420 g/mol. The van der Waals surface area contributed by atoms with Gasteiger partial charge in [-0.15, -0.1) is 0 Å². The van der Waals surface area contributed by atoms with Gasteiger partial charge in [0.25, 0.3) is 0 Å². The summed E-state index contributed by atoms with van der Waals surface area (Å²) in [6, 6.07) is 16.5. The van der Waals surface area contributed by atoms with Gasteiger partial charge in [0, 0.05) is 47.8 Å². The SMILES string of the molecule is C=N/C=C\c1nc(-c2ccc(CN3CCOCC3)cc2)n(-c2ccc(Cl)cc2)c1C. The maximum Gasteiger partial charge on any atom is 0.145 e. The van der Waals surface area contributed by atoms with Crippen molar-refractivity contribution in [2.45, 2.75) is 13.5 Å². The lowest BCUT2D eigenvalue weighted by Crippen LogP contribution is -2.35. The van der Waals surface area contributed by atoms with Gasteiger partial charge in [-0.1, -0.05) is 35.9 Å². The van der Waals surface area contributed by atoms with Crippen LogP contribution in [0.15, 0.2) is 59.7 Å². The molecule has 0 saturated carbocycles. The third-order valence-electron chi connectivity index (χ3n) is 5.29. The molecule has 6 heteroatoms. The van der Waals surface area contributed by atoms with Crippen LogP contribution in [0.4, 0.5) is 0 Å². The first kappa shape index (κ1) is 20.5. The summed E-state index contributed by atoms with van der Waals surface area (Å²) in [4.78, 5) is 11.1. The molecule has 0 spiro atoms. The average molecular weight is 421 g/mol. The number of halogens is 1. The van der Waals surface area contributed by atoms with Gasteiger partial charge in [0.2, 0.25) is 0 Å². The molecule has 2 aromatic carbocycles. The molecule has 4 rings (SSSR count). The van der Waals surface area contributed by atoms with E-state index in [1.54, 1.807) is 6.20 Å². The second-order valence-corrected chi connectivity index (χ2v) is 7.74. The Morgan fingerprint density at radius 2 is 1.80 bits per heavy atom. The van der Waals surface area contributed by atoms with E-state index in [4.69, 9.17) is 21.3 Å². The fourth-order valence-electron chi connectivity index (χ4n) is 3.68. The molecule has 3 aromatic rings. The topological polar surface area (TPSA) is 42.6 Å². The van der Waals surface area contributed by atoms with Crippen LogP contribution in [0.3, 0.4) is 0 Å². The molecular weight excluding hydrogens is 396 g/mol. The van der Waals surface area contributed by atoms with E-state index in [9.17, 15) is 0 Å². The van der Waals surface area contributed by atoms with E-state index in [1.807, 2.05) is 30.3 Å². The second-order valence-electron chi connectivity index (χ2n) is 7.30. The zero-order valence-corrected chi connectivity index (χ0v) is 17.8. The zero-order valence-electron chi connectivity index (χ0n) is 17.1. The number of rotatable bonds is 6. The Morgan fingerprint density at radius 1 is 1.10 bits per heavy atom. The van der Waals surface area contributed by atoms with Crippen molar-refractivity contribution < 1.29 is 4.74 Å². The Kier molecular flexibility index (Phi) is 6.43. The number of aliphatic imine (C=N–C) groups is 1. The van der Waals surface area contributed by atoms with Crippen molar-refractivity contribution in [2.75, 3.05) is 26.3 Å². The second kappa shape index (κ2) is 9.39. The minimum Gasteiger partial charge on any atom is -0.379 e. The summed E-state index contributed by atoms with van der Waals surface area (Å²) >= 11 is 6.10. The van der Waals surface area contributed by atoms with Gasteiger partial charge in [-0.05, 0) is 49.5 Å². The molecule has 0 unspecified atom stereocenters. The van der Waals surface area contributed by atoms with E-state index in [-0.39, 0.29) is 0 Å². The molecule has 5 nitrogen and oxygen atoms in total. The molecule has 30 heavy (non-hydrogen) atoms. The summed E-state index contributed by atoms with van der Waals surface area (Å²) in [7, 11) is 0. The van der Waals surface area contributed by atoms with Crippen molar-refractivity contribution >= 4 is 24.4 Å². The van der Waals surface area contributed by atoms with Gasteiger partial charge in [0.15, 0.2) is 0 Å². The molecule has 0 amide bonds. The molecule has 1 aliphatic heterocycles.